The van der Waals surface area contributed by atoms with E-state index < -0.39 is 10.7 Å². The van der Waals surface area contributed by atoms with Crippen molar-refractivity contribution in [3.05, 3.63) is 57.0 Å². The van der Waals surface area contributed by atoms with E-state index in [0.29, 0.717) is 10.9 Å². The molecule has 1 aromatic heterocycles. The van der Waals surface area contributed by atoms with Gasteiger partial charge in [-0.3, -0.25) is 10.1 Å². The summed E-state index contributed by atoms with van der Waals surface area (Å²) in [6.45, 7) is 3.32. The van der Waals surface area contributed by atoms with Crippen molar-refractivity contribution in [2.75, 3.05) is 0 Å². The maximum absolute atomic E-state index is 13.9. The Bertz CT molecular complexity index is 707. The van der Waals surface area contributed by atoms with Gasteiger partial charge in [0, 0.05) is 22.7 Å². The number of rotatable bonds is 4. The van der Waals surface area contributed by atoms with E-state index in [1.807, 2.05) is 6.07 Å². The summed E-state index contributed by atoms with van der Waals surface area (Å²) in [5, 5.41) is 11.4. The van der Waals surface area contributed by atoms with Gasteiger partial charge in [0.05, 0.1) is 11.0 Å². The van der Waals surface area contributed by atoms with Crippen LogP contribution in [0.4, 0.5) is 10.1 Å². The smallest absolute Gasteiger partial charge is 0.275 e. The molecule has 0 bridgehead atoms. The number of benzene rings is 1. The summed E-state index contributed by atoms with van der Waals surface area (Å²) in [5.41, 5.74) is 1.77. The fourth-order valence-corrected chi connectivity index (χ4v) is 2.13. The fourth-order valence-electron chi connectivity index (χ4n) is 1.82. The van der Waals surface area contributed by atoms with Crippen LogP contribution in [-0.2, 0) is 5.33 Å². The van der Waals surface area contributed by atoms with E-state index in [4.69, 9.17) is 4.74 Å². The zero-order chi connectivity index (χ0) is 15.6. The number of hydrogen-bond acceptors (Lipinski definition) is 4. The number of aryl methyl sites for hydroxylation is 2. The second-order valence-electron chi connectivity index (χ2n) is 4.53. The first-order chi connectivity index (χ1) is 9.92. The molecule has 1 heterocycles. The highest BCUT2D eigenvalue weighted by atomic mass is 79.9. The molecule has 0 radical (unpaired) electrons. The molecule has 2 aromatic rings. The molecule has 0 atom stereocenters. The average molecular weight is 355 g/mol. The Hall–Kier alpha value is -2.02. The number of nitro groups is 1. The third kappa shape index (κ3) is 3.36. The normalized spacial score (nSPS) is 10.5. The molecule has 0 fully saturated rings. The molecule has 0 aliphatic rings. The zero-order valence-electron chi connectivity index (χ0n) is 11.4. The van der Waals surface area contributed by atoms with Gasteiger partial charge in [-0.05, 0) is 31.5 Å². The van der Waals surface area contributed by atoms with Crippen molar-refractivity contribution in [2.24, 2.45) is 0 Å². The Morgan fingerprint density at radius 3 is 2.62 bits per heavy atom. The maximum atomic E-state index is 13.9. The van der Waals surface area contributed by atoms with Crippen LogP contribution in [0.3, 0.4) is 0 Å². The number of nitro benzene ring substituents is 1. The summed E-state index contributed by atoms with van der Waals surface area (Å²) < 4.78 is 19.3. The predicted octanol–water partition coefficient (Wildman–Crippen LogP) is 4.43. The van der Waals surface area contributed by atoms with Crippen molar-refractivity contribution in [1.29, 1.82) is 0 Å². The van der Waals surface area contributed by atoms with Crippen LogP contribution >= 0.6 is 15.9 Å². The predicted molar refractivity (Wildman–Crippen MR) is 79.5 cm³/mol. The lowest BCUT2D eigenvalue weighted by atomic mass is 10.2. The van der Waals surface area contributed by atoms with Crippen molar-refractivity contribution >= 4 is 21.6 Å². The highest BCUT2D eigenvalue weighted by Gasteiger charge is 2.17. The van der Waals surface area contributed by atoms with Gasteiger partial charge < -0.3 is 4.74 Å². The number of hydrogen-bond donors (Lipinski definition) is 0. The maximum Gasteiger partial charge on any atom is 0.275 e. The van der Waals surface area contributed by atoms with Gasteiger partial charge in [-0.2, -0.15) is 0 Å². The van der Waals surface area contributed by atoms with Crippen LogP contribution in [0.25, 0.3) is 0 Å². The van der Waals surface area contributed by atoms with Gasteiger partial charge in [0.2, 0.25) is 5.88 Å². The fraction of sp³-hybridized carbons (Fsp3) is 0.214. The molecule has 21 heavy (non-hydrogen) atoms. The summed E-state index contributed by atoms with van der Waals surface area (Å²) in [6.07, 6.45) is 1.62. The molecule has 0 aliphatic carbocycles. The molecule has 0 aliphatic heterocycles. The molecule has 2 rings (SSSR count). The summed E-state index contributed by atoms with van der Waals surface area (Å²) in [7, 11) is 0. The molecule has 1 aromatic carbocycles. The Balaban J connectivity index is 2.36. The van der Waals surface area contributed by atoms with Crippen LogP contribution < -0.4 is 4.74 Å². The minimum atomic E-state index is -0.793. The van der Waals surface area contributed by atoms with E-state index in [9.17, 15) is 14.5 Å². The highest BCUT2D eigenvalue weighted by Crippen LogP contribution is 2.31. The van der Waals surface area contributed by atoms with Gasteiger partial charge in [0.1, 0.15) is 0 Å². The summed E-state index contributed by atoms with van der Waals surface area (Å²) >= 11 is 3.32. The molecule has 0 N–H and O–H groups in total. The number of nitrogens with zero attached hydrogens (tertiary/aromatic N) is 2. The summed E-state index contributed by atoms with van der Waals surface area (Å²) in [5.74, 6) is -0.606. The van der Waals surface area contributed by atoms with Crippen molar-refractivity contribution in [2.45, 2.75) is 19.2 Å². The topological polar surface area (TPSA) is 65.3 Å². The van der Waals surface area contributed by atoms with E-state index in [1.165, 1.54) is 13.0 Å². The Labute approximate surface area is 129 Å². The molecule has 0 spiro atoms. The van der Waals surface area contributed by atoms with Crippen molar-refractivity contribution in [1.82, 2.24) is 4.98 Å². The van der Waals surface area contributed by atoms with E-state index in [-0.39, 0.29) is 17.3 Å². The molecule has 7 heteroatoms. The number of alkyl halides is 1. The van der Waals surface area contributed by atoms with Crippen LogP contribution in [-0.4, -0.2) is 9.91 Å². The second kappa shape index (κ2) is 6.17. The van der Waals surface area contributed by atoms with E-state index in [2.05, 4.69) is 20.9 Å². The Morgan fingerprint density at radius 2 is 2.05 bits per heavy atom. The minimum absolute atomic E-state index is 0.0831. The molecule has 110 valence electrons. The molecule has 0 saturated carbocycles. The van der Waals surface area contributed by atoms with Gasteiger partial charge in [-0.25, -0.2) is 9.37 Å². The number of halogens is 2. The van der Waals surface area contributed by atoms with Crippen LogP contribution in [0.2, 0.25) is 0 Å². The SMILES string of the molecule is Cc1cc(Oc2ncc(CBr)cc2C)c(F)cc1[N+](=O)[O-]. The lowest BCUT2D eigenvalue weighted by Crippen LogP contribution is -1.98. The van der Waals surface area contributed by atoms with Crippen molar-refractivity contribution in [3.63, 3.8) is 0 Å². The zero-order valence-corrected chi connectivity index (χ0v) is 13.0. The van der Waals surface area contributed by atoms with Gasteiger partial charge in [-0.1, -0.05) is 15.9 Å². The molecule has 0 unspecified atom stereocenters. The standard InChI is InChI=1S/C14H12BrFN2O3/c1-8-4-13(11(16)5-12(8)18(19)20)21-14-9(2)3-10(6-15)7-17-14/h3-5,7H,6H2,1-2H3. The Morgan fingerprint density at radius 1 is 1.33 bits per heavy atom. The van der Waals surface area contributed by atoms with E-state index in [0.717, 1.165) is 17.2 Å². The highest BCUT2D eigenvalue weighted by molar-refractivity contribution is 9.08. The Kier molecular flexibility index (Phi) is 4.52. The lowest BCUT2D eigenvalue weighted by Gasteiger charge is -2.10. The third-order valence-electron chi connectivity index (χ3n) is 2.89. The number of aromatic nitrogens is 1. The quantitative estimate of drug-likeness (QED) is 0.462. The largest absolute Gasteiger partial charge is 0.436 e. The van der Waals surface area contributed by atoms with Crippen LogP contribution in [0.1, 0.15) is 16.7 Å². The minimum Gasteiger partial charge on any atom is -0.436 e. The first-order valence-corrected chi connectivity index (χ1v) is 7.18. The summed E-state index contributed by atoms with van der Waals surface area (Å²) in [4.78, 5) is 14.2. The van der Waals surface area contributed by atoms with Gasteiger partial charge in [0.25, 0.3) is 5.69 Å². The van der Waals surface area contributed by atoms with E-state index in [1.54, 1.807) is 13.1 Å². The van der Waals surface area contributed by atoms with Gasteiger partial charge in [0.15, 0.2) is 11.6 Å². The number of pyridine rings is 1. The monoisotopic (exact) mass is 354 g/mol. The molecule has 0 amide bonds. The van der Waals surface area contributed by atoms with Crippen LogP contribution in [0.15, 0.2) is 24.4 Å². The molecule has 0 saturated heterocycles. The van der Waals surface area contributed by atoms with Crippen molar-refractivity contribution < 1.29 is 14.1 Å². The first-order valence-electron chi connectivity index (χ1n) is 6.06. The van der Waals surface area contributed by atoms with Crippen molar-refractivity contribution in [3.8, 4) is 11.6 Å². The third-order valence-corrected chi connectivity index (χ3v) is 3.54. The van der Waals surface area contributed by atoms with Gasteiger partial charge >= 0.3 is 0 Å². The average Bonchev–Trinajstić information content (AvgIpc) is 2.44. The molecular formula is C14H12BrFN2O3. The lowest BCUT2D eigenvalue weighted by molar-refractivity contribution is -0.385. The van der Waals surface area contributed by atoms with Gasteiger partial charge in [-0.15, -0.1) is 0 Å². The number of ether oxygens (including phenoxy) is 1. The van der Waals surface area contributed by atoms with Crippen LogP contribution in [0, 0.1) is 29.8 Å². The first kappa shape index (κ1) is 15.4. The second-order valence-corrected chi connectivity index (χ2v) is 5.09. The van der Waals surface area contributed by atoms with E-state index >= 15 is 0 Å². The van der Waals surface area contributed by atoms with Crippen LogP contribution in [0.5, 0.6) is 11.6 Å². The molecular weight excluding hydrogens is 343 g/mol. The molecule has 5 nitrogen and oxygen atoms in total. The summed E-state index contributed by atoms with van der Waals surface area (Å²) in [6, 6.07) is 4.02.